The van der Waals surface area contributed by atoms with Crippen molar-refractivity contribution < 1.29 is 9.21 Å². The fraction of sp³-hybridized carbons (Fsp3) is 0.304. The molecule has 1 fully saturated rings. The summed E-state index contributed by atoms with van der Waals surface area (Å²) in [4.78, 5) is 24.7. The molecule has 5 heterocycles. The van der Waals surface area contributed by atoms with Crippen LogP contribution in [0.1, 0.15) is 34.5 Å². The molecule has 0 bridgehead atoms. The second kappa shape index (κ2) is 7.86. The average Bonchev–Trinajstić information content (AvgIpc) is 3.54. The number of hydrogen-bond acceptors (Lipinski definition) is 6. The third-order valence-electron chi connectivity index (χ3n) is 5.68. The second-order valence-corrected chi connectivity index (χ2v) is 7.84. The number of aryl methyl sites for hydroxylation is 2. The maximum Gasteiger partial charge on any atom is 0.252 e. The Morgan fingerprint density at radius 2 is 2.06 bits per heavy atom. The molecule has 0 saturated carbocycles. The van der Waals surface area contributed by atoms with Crippen LogP contribution in [0.4, 0.5) is 5.82 Å². The Kier molecular flexibility index (Phi) is 4.89. The Morgan fingerprint density at radius 3 is 2.84 bits per heavy atom. The molecular weight excluding hydrogens is 392 g/mol. The highest BCUT2D eigenvalue weighted by atomic mass is 16.3. The molecule has 8 heteroatoms. The van der Waals surface area contributed by atoms with Gasteiger partial charge in [-0.05, 0) is 55.7 Å². The Bertz CT molecular complexity index is 1240. The van der Waals surface area contributed by atoms with Gasteiger partial charge in [0.1, 0.15) is 11.5 Å². The number of nitrogens with one attached hydrogen (secondary N) is 1. The van der Waals surface area contributed by atoms with Crippen LogP contribution in [-0.2, 0) is 13.6 Å². The van der Waals surface area contributed by atoms with Crippen LogP contribution in [0.5, 0.6) is 0 Å². The van der Waals surface area contributed by atoms with Crippen LogP contribution >= 0.6 is 0 Å². The largest absolute Gasteiger partial charge is 0.463 e. The van der Waals surface area contributed by atoms with Gasteiger partial charge in [-0.1, -0.05) is 0 Å². The van der Waals surface area contributed by atoms with Crippen LogP contribution < -0.4 is 10.2 Å². The number of nitrogens with zero attached hydrogens (tertiary/aromatic N) is 5. The number of carbonyl (C=O) groups excluding carboxylic acids is 1. The van der Waals surface area contributed by atoms with E-state index in [1.807, 2.05) is 26.1 Å². The third kappa shape index (κ3) is 3.65. The lowest BCUT2D eigenvalue weighted by Gasteiger charge is -2.17. The molecule has 0 atom stereocenters. The molecule has 0 aliphatic carbocycles. The van der Waals surface area contributed by atoms with Gasteiger partial charge in [-0.25, -0.2) is 9.97 Å². The minimum atomic E-state index is -0.171. The van der Waals surface area contributed by atoms with E-state index < -0.39 is 0 Å². The van der Waals surface area contributed by atoms with Crippen LogP contribution in [0, 0.1) is 6.92 Å². The highest BCUT2D eigenvalue weighted by Gasteiger charge is 2.20. The van der Waals surface area contributed by atoms with E-state index in [-0.39, 0.29) is 5.91 Å². The number of anilines is 1. The van der Waals surface area contributed by atoms with E-state index >= 15 is 0 Å². The van der Waals surface area contributed by atoms with Crippen LogP contribution in [-0.4, -0.2) is 38.7 Å². The van der Waals surface area contributed by atoms with Gasteiger partial charge in [0.05, 0.1) is 22.9 Å². The molecule has 1 saturated heterocycles. The summed E-state index contributed by atoms with van der Waals surface area (Å²) >= 11 is 0. The SMILES string of the molecule is Cc1nn(C)c2nc(-c3ccco3)cc(C(=O)NCc3ccnc(N4CCCC4)c3)c12. The highest BCUT2D eigenvalue weighted by molar-refractivity contribution is 6.07. The highest BCUT2D eigenvalue weighted by Crippen LogP contribution is 2.27. The Balaban J connectivity index is 1.44. The van der Waals surface area contributed by atoms with Gasteiger partial charge < -0.3 is 14.6 Å². The quantitative estimate of drug-likeness (QED) is 0.536. The minimum Gasteiger partial charge on any atom is -0.463 e. The summed E-state index contributed by atoms with van der Waals surface area (Å²) < 4.78 is 7.20. The monoisotopic (exact) mass is 416 g/mol. The molecule has 0 unspecified atom stereocenters. The fourth-order valence-corrected chi connectivity index (χ4v) is 4.14. The van der Waals surface area contributed by atoms with Crippen molar-refractivity contribution >= 4 is 22.8 Å². The van der Waals surface area contributed by atoms with Crippen molar-refractivity contribution in [2.24, 2.45) is 7.05 Å². The maximum atomic E-state index is 13.2. The van der Waals surface area contributed by atoms with Crippen LogP contribution in [0.25, 0.3) is 22.5 Å². The summed E-state index contributed by atoms with van der Waals surface area (Å²) in [5, 5.41) is 8.27. The van der Waals surface area contributed by atoms with Crippen LogP contribution in [0.3, 0.4) is 0 Å². The maximum absolute atomic E-state index is 13.2. The summed E-state index contributed by atoms with van der Waals surface area (Å²) in [6.07, 6.45) is 5.79. The normalized spacial score (nSPS) is 13.8. The molecule has 31 heavy (non-hydrogen) atoms. The minimum absolute atomic E-state index is 0.171. The number of carbonyl (C=O) groups is 1. The first-order chi connectivity index (χ1) is 15.1. The van der Waals surface area contributed by atoms with Gasteiger partial charge in [0.2, 0.25) is 0 Å². The van der Waals surface area contributed by atoms with Gasteiger partial charge in [0, 0.05) is 32.9 Å². The Hall–Kier alpha value is -3.68. The van der Waals surface area contributed by atoms with Crippen molar-refractivity contribution in [2.75, 3.05) is 18.0 Å². The summed E-state index contributed by atoms with van der Waals surface area (Å²) in [6, 6.07) is 9.39. The molecule has 0 radical (unpaired) electrons. The number of hydrogen-bond donors (Lipinski definition) is 1. The van der Waals surface area contributed by atoms with E-state index in [1.165, 1.54) is 12.8 Å². The van der Waals surface area contributed by atoms with Gasteiger partial charge >= 0.3 is 0 Å². The van der Waals surface area contributed by atoms with Crippen LogP contribution in [0.15, 0.2) is 47.2 Å². The summed E-state index contributed by atoms with van der Waals surface area (Å²) in [5.74, 6) is 1.41. The molecule has 0 aromatic carbocycles. The second-order valence-electron chi connectivity index (χ2n) is 7.84. The summed E-state index contributed by atoms with van der Waals surface area (Å²) in [5.41, 5.74) is 3.57. The summed E-state index contributed by atoms with van der Waals surface area (Å²) in [7, 11) is 1.83. The standard InChI is InChI=1S/C23H24N6O2/c1-15-21-17(13-18(19-6-5-11-31-19)26-22(21)28(2)27-15)23(30)25-14-16-7-8-24-20(12-16)29-9-3-4-10-29/h5-8,11-13H,3-4,9-10,14H2,1-2H3,(H,25,30). The number of pyridine rings is 2. The average molecular weight is 416 g/mol. The Morgan fingerprint density at radius 1 is 1.23 bits per heavy atom. The fourth-order valence-electron chi connectivity index (χ4n) is 4.14. The molecule has 5 rings (SSSR count). The summed E-state index contributed by atoms with van der Waals surface area (Å²) in [6.45, 7) is 4.38. The zero-order valence-corrected chi connectivity index (χ0v) is 17.6. The zero-order valence-electron chi connectivity index (χ0n) is 17.6. The number of amides is 1. The molecule has 4 aromatic heterocycles. The lowest BCUT2D eigenvalue weighted by Crippen LogP contribution is -2.24. The molecule has 1 N–H and O–H groups in total. The Labute approximate surface area is 179 Å². The predicted octanol–water partition coefficient (Wildman–Crippen LogP) is 3.46. The van der Waals surface area contributed by atoms with E-state index in [1.54, 1.807) is 29.3 Å². The van der Waals surface area contributed by atoms with E-state index in [0.29, 0.717) is 29.2 Å². The first-order valence-electron chi connectivity index (χ1n) is 10.5. The third-order valence-corrected chi connectivity index (χ3v) is 5.68. The smallest absolute Gasteiger partial charge is 0.252 e. The predicted molar refractivity (Wildman–Crippen MR) is 118 cm³/mol. The van der Waals surface area contributed by atoms with Crippen molar-refractivity contribution in [3.05, 3.63) is 59.6 Å². The molecule has 1 aliphatic heterocycles. The van der Waals surface area contributed by atoms with E-state index in [4.69, 9.17) is 4.42 Å². The van der Waals surface area contributed by atoms with Gasteiger partial charge in [0.25, 0.3) is 5.91 Å². The van der Waals surface area contributed by atoms with Crippen molar-refractivity contribution in [1.82, 2.24) is 25.1 Å². The molecule has 0 spiro atoms. The molecule has 8 nitrogen and oxygen atoms in total. The number of aromatic nitrogens is 4. The first kappa shape index (κ1) is 19.3. The number of rotatable bonds is 5. The lowest BCUT2D eigenvalue weighted by atomic mass is 10.1. The van der Waals surface area contributed by atoms with Crippen molar-refractivity contribution in [3.63, 3.8) is 0 Å². The topological polar surface area (TPSA) is 89.1 Å². The van der Waals surface area contributed by atoms with Crippen molar-refractivity contribution in [1.29, 1.82) is 0 Å². The van der Waals surface area contributed by atoms with Crippen LogP contribution in [0.2, 0.25) is 0 Å². The lowest BCUT2D eigenvalue weighted by molar-refractivity contribution is 0.0952. The van der Waals surface area contributed by atoms with Gasteiger partial charge in [-0.3, -0.25) is 9.48 Å². The molecule has 1 aliphatic rings. The molecule has 4 aromatic rings. The van der Waals surface area contributed by atoms with Crippen molar-refractivity contribution in [3.8, 4) is 11.5 Å². The van der Waals surface area contributed by atoms with E-state index in [0.717, 1.165) is 35.6 Å². The van der Waals surface area contributed by atoms with Gasteiger partial charge in [-0.15, -0.1) is 0 Å². The molecule has 158 valence electrons. The first-order valence-corrected chi connectivity index (χ1v) is 10.5. The van der Waals surface area contributed by atoms with E-state index in [9.17, 15) is 4.79 Å². The zero-order chi connectivity index (χ0) is 21.4. The van der Waals surface area contributed by atoms with Gasteiger partial charge in [0.15, 0.2) is 11.4 Å². The van der Waals surface area contributed by atoms with E-state index in [2.05, 4.69) is 31.3 Å². The number of furan rings is 1. The molecular formula is C23H24N6O2. The number of fused-ring (bicyclic) bond motifs is 1. The molecule has 1 amide bonds. The van der Waals surface area contributed by atoms with Gasteiger partial charge in [-0.2, -0.15) is 5.10 Å². The van der Waals surface area contributed by atoms with Crippen molar-refractivity contribution in [2.45, 2.75) is 26.3 Å².